The molecule has 3 aromatic rings. The maximum atomic E-state index is 12.6. The van der Waals surface area contributed by atoms with Gasteiger partial charge in [0.05, 0.1) is 25.8 Å². The van der Waals surface area contributed by atoms with E-state index in [1.807, 2.05) is 36.4 Å². The van der Waals surface area contributed by atoms with E-state index >= 15 is 0 Å². The van der Waals surface area contributed by atoms with Gasteiger partial charge in [0.2, 0.25) is 17.6 Å². The number of methoxy groups -OCH3 is 2. The third kappa shape index (κ3) is 5.87. The number of nitrogens with one attached hydrogen (secondary N) is 1. The van der Waals surface area contributed by atoms with Crippen molar-refractivity contribution in [3.05, 3.63) is 58.9 Å². The summed E-state index contributed by atoms with van der Waals surface area (Å²) in [7, 11) is 3.23. The Labute approximate surface area is 204 Å². The number of benzene rings is 2. The van der Waals surface area contributed by atoms with Crippen LogP contribution in [0.15, 0.2) is 47.0 Å². The molecule has 9 heteroatoms. The Morgan fingerprint density at radius 2 is 1.91 bits per heavy atom. The molecule has 0 spiro atoms. The smallest absolute Gasteiger partial charge is 0.241 e. The zero-order valence-corrected chi connectivity index (χ0v) is 20.2. The molecule has 1 aliphatic heterocycles. The van der Waals surface area contributed by atoms with Gasteiger partial charge in [-0.3, -0.25) is 9.69 Å². The summed E-state index contributed by atoms with van der Waals surface area (Å²) in [6.45, 7) is 2.75. The number of nitrogens with zero attached hydrogens (tertiary/aromatic N) is 3. The number of carbonyl (C=O) groups excluding carboxylic acids is 1. The first-order valence-electron chi connectivity index (χ1n) is 11.4. The summed E-state index contributed by atoms with van der Waals surface area (Å²) < 4.78 is 16.0. The maximum absolute atomic E-state index is 12.6. The monoisotopic (exact) mass is 484 g/mol. The molecule has 180 valence electrons. The zero-order chi connectivity index (χ0) is 23.9. The predicted molar refractivity (Wildman–Crippen MR) is 129 cm³/mol. The number of likely N-dealkylation sites (tertiary alicyclic amines) is 1. The number of piperidine rings is 1. The summed E-state index contributed by atoms with van der Waals surface area (Å²) in [5.41, 5.74) is 1.84. The van der Waals surface area contributed by atoms with E-state index in [9.17, 15) is 4.79 Å². The summed E-state index contributed by atoms with van der Waals surface area (Å²) in [5.74, 6) is 2.56. The Kier molecular flexibility index (Phi) is 8.03. The largest absolute Gasteiger partial charge is 0.493 e. The lowest BCUT2D eigenvalue weighted by Gasteiger charge is -2.30. The van der Waals surface area contributed by atoms with E-state index in [-0.39, 0.29) is 11.8 Å². The second-order valence-corrected chi connectivity index (χ2v) is 8.68. The van der Waals surface area contributed by atoms with Crippen molar-refractivity contribution < 1.29 is 18.8 Å². The van der Waals surface area contributed by atoms with Crippen LogP contribution in [-0.4, -0.2) is 54.8 Å². The highest BCUT2D eigenvalue weighted by molar-refractivity contribution is 6.33. The van der Waals surface area contributed by atoms with Crippen molar-refractivity contribution >= 4 is 17.5 Å². The minimum atomic E-state index is 0.0167. The molecule has 4 rings (SSSR count). The van der Waals surface area contributed by atoms with Crippen LogP contribution >= 0.6 is 11.6 Å². The second-order valence-electron chi connectivity index (χ2n) is 8.27. The molecule has 1 amide bonds. The van der Waals surface area contributed by atoms with Crippen molar-refractivity contribution in [2.24, 2.45) is 5.92 Å². The first-order chi connectivity index (χ1) is 16.6. The third-order valence-corrected chi connectivity index (χ3v) is 6.39. The molecule has 0 radical (unpaired) electrons. The average Bonchev–Trinajstić information content (AvgIpc) is 3.32. The van der Waals surface area contributed by atoms with E-state index < -0.39 is 0 Å². The van der Waals surface area contributed by atoms with Crippen molar-refractivity contribution in [3.8, 4) is 22.9 Å². The molecule has 8 nitrogen and oxygen atoms in total. The van der Waals surface area contributed by atoms with Gasteiger partial charge in [0.1, 0.15) is 0 Å². The van der Waals surface area contributed by atoms with Gasteiger partial charge in [0.25, 0.3) is 0 Å². The first-order valence-corrected chi connectivity index (χ1v) is 11.7. The molecule has 1 aromatic heterocycles. The number of ether oxygens (including phenoxy) is 2. The van der Waals surface area contributed by atoms with Gasteiger partial charge in [0, 0.05) is 18.0 Å². The molecule has 1 N–H and O–H groups in total. The van der Waals surface area contributed by atoms with Gasteiger partial charge in [-0.1, -0.05) is 35.0 Å². The van der Waals surface area contributed by atoms with Crippen LogP contribution < -0.4 is 14.8 Å². The van der Waals surface area contributed by atoms with Crippen molar-refractivity contribution in [2.75, 3.05) is 33.9 Å². The summed E-state index contributed by atoms with van der Waals surface area (Å²) in [4.78, 5) is 19.4. The number of aromatic nitrogens is 2. The van der Waals surface area contributed by atoms with Gasteiger partial charge in [-0.15, -0.1) is 0 Å². The topological polar surface area (TPSA) is 89.7 Å². The van der Waals surface area contributed by atoms with Crippen LogP contribution in [0.4, 0.5) is 0 Å². The molecule has 0 saturated carbocycles. The minimum absolute atomic E-state index is 0.0167. The van der Waals surface area contributed by atoms with Crippen LogP contribution in [-0.2, 0) is 17.8 Å². The molecule has 1 saturated heterocycles. The number of rotatable bonds is 9. The average molecular weight is 485 g/mol. The molecule has 0 unspecified atom stereocenters. The van der Waals surface area contributed by atoms with Crippen LogP contribution in [0.1, 0.15) is 24.3 Å². The minimum Gasteiger partial charge on any atom is -0.493 e. The van der Waals surface area contributed by atoms with Gasteiger partial charge >= 0.3 is 0 Å². The molecule has 0 aliphatic carbocycles. The van der Waals surface area contributed by atoms with Crippen LogP contribution in [0.2, 0.25) is 5.02 Å². The van der Waals surface area contributed by atoms with Crippen molar-refractivity contribution in [3.63, 3.8) is 0 Å². The van der Waals surface area contributed by atoms with E-state index in [1.54, 1.807) is 20.3 Å². The molecule has 2 aromatic carbocycles. The first kappa shape index (κ1) is 24.0. The Hall–Kier alpha value is -3.10. The van der Waals surface area contributed by atoms with Crippen molar-refractivity contribution in [2.45, 2.75) is 25.8 Å². The summed E-state index contributed by atoms with van der Waals surface area (Å²) >= 11 is 6.22. The van der Waals surface area contributed by atoms with E-state index in [4.69, 9.17) is 25.6 Å². The Morgan fingerprint density at radius 1 is 1.15 bits per heavy atom. The lowest BCUT2D eigenvalue weighted by molar-refractivity contribution is -0.126. The highest BCUT2D eigenvalue weighted by Crippen LogP contribution is 2.28. The number of carbonyl (C=O) groups is 1. The zero-order valence-electron chi connectivity index (χ0n) is 19.4. The van der Waals surface area contributed by atoms with E-state index in [2.05, 4.69) is 20.4 Å². The molecule has 1 aliphatic rings. The van der Waals surface area contributed by atoms with Crippen molar-refractivity contribution in [1.29, 1.82) is 0 Å². The summed E-state index contributed by atoms with van der Waals surface area (Å²) in [6.07, 6.45) is 2.33. The van der Waals surface area contributed by atoms with E-state index in [0.717, 1.165) is 43.5 Å². The van der Waals surface area contributed by atoms with Gasteiger partial charge in [-0.05, 0) is 62.2 Å². The molecule has 0 bridgehead atoms. The number of amides is 1. The lowest BCUT2D eigenvalue weighted by Crippen LogP contribution is -2.40. The van der Waals surface area contributed by atoms with E-state index in [0.29, 0.717) is 41.3 Å². The second kappa shape index (κ2) is 11.4. The highest BCUT2D eigenvalue weighted by Gasteiger charge is 2.26. The fraction of sp³-hybridized carbons (Fsp3) is 0.400. The quantitative estimate of drug-likeness (QED) is 0.491. The Morgan fingerprint density at radius 3 is 2.65 bits per heavy atom. The van der Waals surface area contributed by atoms with Crippen LogP contribution in [0.3, 0.4) is 0 Å². The van der Waals surface area contributed by atoms with Crippen LogP contribution in [0.5, 0.6) is 11.5 Å². The molecule has 1 fully saturated rings. The van der Waals surface area contributed by atoms with Crippen LogP contribution in [0, 0.1) is 5.92 Å². The molecular weight excluding hydrogens is 456 g/mol. The van der Waals surface area contributed by atoms with E-state index in [1.165, 1.54) is 0 Å². The van der Waals surface area contributed by atoms with Crippen LogP contribution in [0.25, 0.3) is 11.4 Å². The predicted octanol–water partition coefficient (Wildman–Crippen LogP) is 3.98. The van der Waals surface area contributed by atoms with Gasteiger partial charge in [-0.2, -0.15) is 4.98 Å². The SMILES string of the molecule is COc1ccc(CCNC(=O)C2CCN(Cc3nc(-c4ccccc4Cl)no3)CC2)cc1OC. The standard InChI is InChI=1S/C25H29ClN4O4/c1-32-21-8-7-17(15-22(21)33-2)9-12-27-25(31)18-10-13-30(14-11-18)16-23-28-24(29-34-23)19-5-3-4-6-20(19)26/h3-8,15,18H,9-14,16H2,1-2H3,(H,27,31). The highest BCUT2D eigenvalue weighted by atomic mass is 35.5. The summed E-state index contributed by atoms with van der Waals surface area (Å²) in [5, 5.41) is 7.72. The van der Waals surface area contributed by atoms with Crippen molar-refractivity contribution in [1.82, 2.24) is 20.4 Å². The third-order valence-electron chi connectivity index (χ3n) is 6.06. The molecule has 34 heavy (non-hydrogen) atoms. The summed E-state index contributed by atoms with van der Waals surface area (Å²) in [6, 6.07) is 13.2. The fourth-order valence-electron chi connectivity index (χ4n) is 4.13. The number of hydrogen-bond acceptors (Lipinski definition) is 7. The number of hydrogen-bond donors (Lipinski definition) is 1. The Bertz CT molecular complexity index is 1110. The number of halogens is 1. The van der Waals surface area contributed by atoms with Gasteiger partial charge in [0.15, 0.2) is 11.5 Å². The molecule has 0 atom stereocenters. The molecular formula is C25H29ClN4O4. The van der Waals surface area contributed by atoms with Gasteiger partial charge in [-0.25, -0.2) is 0 Å². The Balaban J connectivity index is 1.21. The normalized spacial score (nSPS) is 14.7. The fourth-order valence-corrected chi connectivity index (χ4v) is 4.35. The van der Waals surface area contributed by atoms with Gasteiger partial charge < -0.3 is 19.3 Å². The lowest BCUT2D eigenvalue weighted by atomic mass is 9.96. The maximum Gasteiger partial charge on any atom is 0.241 e. The molecule has 2 heterocycles.